The van der Waals surface area contributed by atoms with Crippen LogP contribution >= 0.6 is 15.9 Å². The van der Waals surface area contributed by atoms with Crippen molar-refractivity contribution in [2.24, 2.45) is 0 Å². The van der Waals surface area contributed by atoms with Crippen LogP contribution in [0.5, 0.6) is 0 Å². The Morgan fingerprint density at radius 1 is 1.29 bits per heavy atom. The maximum atomic E-state index is 12.2. The average Bonchev–Trinajstić information content (AvgIpc) is 3.12. The van der Waals surface area contributed by atoms with E-state index in [2.05, 4.69) is 31.4 Å². The number of amides is 1. The van der Waals surface area contributed by atoms with Crippen LogP contribution in [0.25, 0.3) is 11.5 Å². The Labute approximate surface area is 128 Å². The second-order valence-corrected chi connectivity index (χ2v) is 5.06. The summed E-state index contributed by atoms with van der Waals surface area (Å²) in [6.07, 6.45) is 2.71. The van der Waals surface area contributed by atoms with E-state index in [1.807, 2.05) is 19.1 Å². The summed E-state index contributed by atoms with van der Waals surface area (Å²) in [6.45, 7) is 1.90. The molecule has 0 fully saturated rings. The molecule has 0 spiro atoms. The van der Waals surface area contributed by atoms with Crippen molar-refractivity contribution in [3.05, 3.63) is 52.7 Å². The van der Waals surface area contributed by atoms with E-state index in [0.717, 1.165) is 11.1 Å². The number of rotatable bonds is 3. The van der Waals surface area contributed by atoms with E-state index in [9.17, 15) is 4.79 Å². The number of aromatic nitrogens is 2. The number of benzene rings is 1. The molecule has 1 aromatic carbocycles. The minimum absolute atomic E-state index is 0.263. The van der Waals surface area contributed by atoms with Gasteiger partial charge in [0.2, 0.25) is 12.3 Å². The number of nitrogens with zero attached hydrogens (tertiary/aromatic N) is 2. The quantitative estimate of drug-likeness (QED) is 0.781. The van der Waals surface area contributed by atoms with E-state index in [1.165, 1.54) is 12.7 Å². The van der Waals surface area contributed by atoms with Crippen LogP contribution in [0.2, 0.25) is 0 Å². The van der Waals surface area contributed by atoms with Crippen LogP contribution in [0, 0.1) is 6.92 Å². The highest BCUT2D eigenvalue weighted by Gasteiger charge is 2.14. The van der Waals surface area contributed by atoms with Crippen LogP contribution in [0.15, 0.2) is 50.4 Å². The van der Waals surface area contributed by atoms with E-state index < -0.39 is 0 Å². The lowest BCUT2D eigenvalue weighted by Gasteiger charge is -2.08. The Kier molecular flexibility index (Phi) is 3.57. The first kappa shape index (κ1) is 13.6. The summed E-state index contributed by atoms with van der Waals surface area (Å²) in [6, 6.07) is 7.11. The SMILES string of the molecule is Cc1ccc(-c2nnco2)cc1NC(=O)c1ccoc1Br. The highest BCUT2D eigenvalue weighted by molar-refractivity contribution is 9.10. The van der Waals surface area contributed by atoms with Gasteiger partial charge < -0.3 is 14.2 Å². The lowest BCUT2D eigenvalue weighted by molar-refractivity contribution is 0.102. The van der Waals surface area contributed by atoms with E-state index in [1.54, 1.807) is 12.1 Å². The molecule has 0 aliphatic carbocycles. The van der Waals surface area contributed by atoms with Gasteiger partial charge in [-0.15, -0.1) is 10.2 Å². The number of furan rings is 1. The lowest BCUT2D eigenvalue weighted by atomic mass is 10.1. The molecule has 106 valence electrons. The number of halogens is 1. The van der Waals surface area contributed by atoms with Crippen LogP contribution in [0.3, 0.4) is 0 Å². The summed E-state index contributed by atoms with van der Waals surface area (Å²) in [4.78, 5) is 12.2. The minimum atomic E-state index is -0.263. The van der Waals surface area contributed by atoms with Crippen molar-refractivity contribution < 1.29 is 13.6 Å². The summed E-state index contributed by atoms with van der Waals surface area (Å²) < 4.78 is 10.6. The third-order valence-electron chi connectivity index (χ3n) is 2.96. The third kappa shape index (κ3) is 2.73. The molecule has 2 heterocycles. The summed E-state index contributed by atoms with van der Waals surface area (Å²) in [5, 5.41) is 10.3. The molecule has 0 unspecified atom stereocenters. The van der Waals surface area contributed by atoms with Gasteiger partial charge in [-0.25, -0.2) is 0 Å². The molecule has 0 radical (unpaired) electrons. The van der Waals surface area contributed by atoms with Gasteiger partial charge in [-0.05, 0) is 46.6 Å². The van der Waals surface area contributed by atoms with Crippen LogP contribution < -0.4 is 5.32 Å². The van der Waals surface area contributed by atoms with Crippen LogP contribution in [0.4, 0.5) is 5.69 Å². The fourth-order valence-electron chi connectivity index (χ4n) is 1.83. The molecule has 7 heteroatoms. The first-order chi connectivity index (χ1) is 10.1. The van der Waals surface area contributed by atoms with E-state index in [-0.39, 0.29) is 5.91 Å². The maximum absolute atomic E-state index is 12.2. The second-order valence-electron chi connectivity index (χ2n) is 4.34. The van der Waals surface area contributed by atoms with Gasteiger partial charge in [-0.3, -0.25) is 4.79 Å². The van der Waals surface area contributed by atoms with Crippen LogP contribution in [-0.2, 0) is 0 Å². The van der Waals surface area contributed by atoms with Crippen molar-refractivity contribution >= 4 is 27.5 Å². The third-order valence-corrected chi connectivity index (χ3v) is 3.57. The number of carbonyl (C=O) groups excluding carboxylic acids is 1. The zero-order chi connectivity index (χ0) is 14.8. The number of hydrogen-bond donors (Lipinski definition) is 1. The molecular weight excluding hydrogens is 338 g/mol. The molecule has 0 saturated heterocycles. The molecule has 1 amide bonds. The summed E-state index contributed by atoms with van der Waals surface area (Å²) in [5.41, 5.74) is 2.76. The fourth-order valence-corrected chi connectivity index (χ4v) is 2.25. The molecule has 0 aliphatic rings. The monoisotopic (exact) mass is 347 g/mol. The van der Waals surface area contributed by atoms with Gasteiger partial charge >= 0.3 is 0 Å². The first-order valence-corrected chi connectivity index (χ1v) is 6.86. The molecule has 2 aromatic heterocycles. The van der Waals surface area contributed by atoms with E-state index in [4.69, 9.17) is 8.83 Å². The van der Waals surface area contributed by atoms with E-state index >= 15 is 0 Å². The highest BCUT2D eigenvalue weighted by Crippen LogP contribution is 2.25. The van der Waals surface area contributed by atoms with E-state index in [0.29, 0.717) is 21.8 Å². The number of aryl methyl sites for hydroxylation is 1. The standard InChI is InChI=1S/C14H10BrN3O3/c1-8-2-3-9(14-18-16-7-21-14)6-11(8)17-13(19)10-4-5-20-12(10)15/h2-7H,1H3,(H,17,19). The van der Waals surface area contributed by atoms with Crippen molar-refractivity contribution in [2.45, 2.75) is 6.92 Å². The second kappa shape index (κ2) is 5.53. The van der Waals surface area contributed by atoms with Gasteiger partial charge in [0, 0.05) is 11.3 Å². The summed E-state index contributed by atoms with van der Waals surface area (Å²) in [5.74, 6) is 0.136. The normalized spacial score (nSPS) is 10.6. The molecule has 0 aliphatic heterocycles. The number of hydrogen-bond acceptors (Lipinski definition) is 5. The molecule has 3 aromatic rings. The highest BCUT2D eigenvalue weighted by atomic mass is 79.9. The Hall–Kier alpha value is -2.41. The van der Waals surface area contributed by atoms with Gasteiger partial charge in [0.15, 0.2) is 4.67 Å². The Balaban J connectivity index is 1.90. The molecule has 0 saturated carbocycles. The van der Waals surface area contributed by atoms with Crippen LogP contribution in [-0.4, -0.2) is 16.1 Å². The van der Waals surface area contributed by atoms with Crippen LogP contribution in [0.1, 0.15) is 15.9 Å². The minimum Gasteiger partial charge on any atom is -0.457 e. The van der Waals surface area contributed by atoms with Crippen molar-refractivity contribution in [2.75, 3.05) is 5.32 Å². The Morgan fingerprint density at radius 2 is 2.14 bits per heavy atom. The summed E-state index contributed by atoms with van der Waals surface area (Å²) in [7, 11) is 0. The number of carbonyl (C=O) groups is 1. The molecule has 3 rings (SSSR count). The number of nitrogens with one attached hydrogen (secondary N) is 1. The topological polar surface area (TPSA) is 81.2 Å². The van der Waals surface area contributed by atoms with Gasteiger partial charge in [0.25, 0.3) is 5.91 Å². The smallest absolute Gasteiger partial charge is 0.260 e. The van der Waals surface area contributed by atoms with Crippen molar-refractivity contribution in [1.82, 2.24) is 10.2 Å². The Morgan fingerprint density at radius 3 is 2.81 bits per heavy atom. The van der Waals surface area contributed by atoms with Gasteiger partial charge in [-0.2, -0.15) is 0 Å². The zero-order valence-electron chi connectivity index (χ0n) is 11.0. The Bertz CT molecular complexity index is 781. The lowest BCUT2D eigenvalue weighted by Crippen LogP contribution is -2.12. The predicted molar refractivity (Wildman–Crippen MR) is 78.8 cm³/mol. The maximum Gasteiger partial charge on any atom is 0.260 e. The van der Waals surface area contributed by atoms with Gasteiger partial charge in [0.05, 0.1) is 11.8 Å². The largest absolute Gasteiger partial charge is 0.457 e. The molecule has 0 bridgehead atoms. The fraction of sp³-hybridized carbons (Fsp3) is 0.0714. The number of anilines is 1. The van der Waals surface area contributed by atoms with Gasteiger partial charge in [0.1, 0.15) is 0 Å². The molecule has 1 N–H and O–H groups in total. The molecular formula is C14H10BrN3O3. The van der Waals surface area contributed by atoms with Crippen molar-refractivity contribution in [3.63, 3.8) is 0 Å². The van der Waals surface area contributed by atoms with Gasteiger partial charge in [-0.1, -0.05) is 6.07 Å². The molecule has 21 heavy (non-hydrogen) atoms. The zero-order valence-corrected chi connectivity index (χ0v) is 12.5. The van der Waals surface area contributed by atoms with Crippen molar-refractivity contribution in [3.8, 4) is 11.5 Å². The molecule has 0 atom stereocenters. The first-order valence-electron chi connectivity index (χ1n) is 6.06. The van der Waals surface area contributed by atoms with Crippen molar-refractivity contribution in [1.29, 1.82) is 0 Å². The predicted octanol–water partition coefficient (Wildman–Crippen LogP) is 3.65. The molecule has 6 nitrogen and oxygen atoms in total. The summed E-state index contributed by atoms with van der Waals surface area (Å²) >= 11 is 3.18. The average molecular weight is 348 g/mol.